The molecule has 2 aromatic rings. The second-order valence-electron chi connectivity index (χ2n) is 3.49. The van der Waals surface area contributed by atoms with E-state index in [1.54, 1.807) is 10.9 Å². The van der Waals surface area contributed by atoms with Gasteiger partial charge in [-0.1, -0.05) is 0 Å². The number of nitrogens with zero attached hydrogens (tertiary/aromatic N) is 2. The van der Waals surface area contributed by atoms with Gasteiger partial charge < -0.3 is 10.3 Å². The number of fused-ring (bicyclic) bond motifs is 1. The summed E-state index contributed by atoms with van der Waals surface area (Å²) in [6, 6.07) is 2.24. The van der Waals surface area contributed by atoms with Gasteiger partial charge in [-0.15, -0.1) is 0 Å². The van der Waals surface area contributed by atoms with Crippen LogP contribution in [0.25, 0.3) is 11.0 Å². The van der Waals surface area contributed by atoms with Crippen molar-refractivity contribution in [3.8, 4) is 0 Å². The minimum Gasteiger partial charge on any atom is -0.328 e. The molecule has 2 rings (SSSR count). The molecule has 2 N–H and O–H groups in total. The number of hydrogen-bond acceptors (Lipinski definition) is 2. The van der Waals surface area contributed by atoms with E-state index in [2.05, 4.69) is 4.98 Å². The van der Waals surface area contributed by atoms with Crippen LogP contribution in [-0.2, 0) is 0 Å². The van der Waals surface area contributed by atoms with Gasteiger partial charge >= 0.3 is 0 Å². The van der Waals surface area contributed by atoms with Gasteiger partial charge in [0.25, 0.3) is 0 Å². The van der Waals surface area contributed by atoms with E-state index >= 15 is 0 Å². The van der Waals surface area contributed by atoms with Crippen LogP contribution >= 0.6 is 0 Å². The number of aromatic nitrogens is 2. The highest BCUT2D eigenvalue weighted by atomic mass is 19.2. The normalized spacial score (nSPS) is 13.3. The van der Waals surface area contributed by atoms with E-state index in [-0.39, 0.29) is 6.04 Å². The van der Waals surface area contributed by atoms with E-state index in [9.17, 15) is 8.78 Å². The van der Waals surface area contributed by atoms with Crippen molar-refractivity contribution in [2.75, 3.05) is 6.54 Å². The van der Waals surface area contributed by atoms with Gasteiger partial charge in [0.05, 0.1) is 17.4 Å². The van der Waals surface area contributed by atoms with Gasteiger partial charge in [-0.3, -0.25) is 0 Å². The lowest BCUT2D eigenvalue weighted by Gasteiger charge is -2.11. The number of hydrogen-bond donors (Lipinski definition) is 1. The van der Waals surface area contributed by atoms with Crippen LogP contribution in [0.1, 0.15) is 13.0 Å². The van der Waals surface area contributed by atoms with Crippen molar-refractivity contribution in [1.29, 1.82) is 0 Å². The zero-order valence-electron chi connectivity index (χ0n) is 8.24. The number of halogens is 2. The molecule has 1 unspecified atom stereocenters. The molecule has 0 saturated carbocycles. The molecule has 1 aromatic carbocycles. The van der Waals surface area contributed by atoms with Crippen LogP contribution in [0.4, 0.5) is 8.78 Å². The maximum absolute atomic E-state index is 13.0. The summed E-state index contributed by atoms with van der Waals surface area (Å²) in [4.78, 5) is 3.99. The third-order valence-electron chi connectivity index (χ3n) is 2.43. The van der Waals surface area contributed by atoms with Crippen molar-refractivity contribution < 1.29 is 8.78 Å². The first-order valence-corrected chi connectivity index (χ1v) is 4.65. The van der Waals surface area contributed by atoms with Gasteiger partial charge in [0.1, 0.15) is 0 Å². The van der Waals surface area contributed by atoms with Crippen LogP contribution in [0.2, 0.25) is 0 Å². The topological polar surface area (TPSA) is 43.8 Å². The van der Waals surface area contributed by atoms with E-state index < -0.39 is 11.6 Å². The SMILES string of the molecule is CC(CN)n1cnc2cc(F)c(F)cc21. The maximum Gasteiger partial charge on any atom is 0.161 e. The third-order valence-corrected chi connectivity index (χ3v) is 2.43. The lowest BCUT2D eigenvalue weighted by atomic mass is 10.2. The largest absolute Gasteiger partial charge is 0.328 e. The molecule has 0 spiro atoms. The molecule has 3 nitrogen and oxygen atoms in total. The first kappa shape index (κ1) is 10.0. The molecule has 1 aromatic heterocycles. The average Bonchev–Trinajstić information content (AvgIpc) is 2.61. The minimum atomic E-state index is -0.881. The molecule has 0 aliphatic rings. The van der Waals surface area contributed by atoms with Crippen LogP contribution in [0.5, 0.6) is 0 Å². The summed E-state index contributed by atoms with van der Waals surface area (Å²) in [5, 5.41) is 0. The summed E-state index contributed by atoms with van der Waals surface area (Å²) >= 11 is 0. The van der Waals surface area contributed by atoms with E-state index in [0.717, 1.165) is 12.1 Å². The summed E-state index contributed by atoms with van der Waals surface area (Å²) in [5.74, 6) is -1.75. The maximum atomic E-state index is 13.0. The fourth-order valence-corrected chi connectivity index (χ4v) is 1.49. The summed E-state index contributed by atoms with van der Waals surface area (Å²) in [6.45, 7) is 2.31. The molecular formula is C10H11F2N3. The fraction of sp³-hybridized carbons (Fsp3) is 0.300. The van der Waals surface area contributed by atoms with Crippen molar-refractivity contribution in [3.63, 3.8) is 0 Å². The zero-order valence-corrected chi connectivity index (χ0v) is 8.24. The molecule has 0 aliphatic heterocycles. The van der Waals surface area contributed by atoms with Crippen molar-refractivity contribution in [2.45, 2.75) is 13.0 Å². The van der Waals surface area contributed by atoms with Gasteiger partial charge in [0, 0.05) is 24.7 Å². The van der Waals surface area contributed by atoms with Crippen LogP contribution in [0, 0.1) is 11.6 Å². The van der Waals surface area contributed by atoms with E-state index in [1.165, 1.54) is 0 Å². The molecule has 0 bridgehead atoms. The lowest BCUT2D eigenvalue weighted by Crippen LogP contribution is -2.15. The molecule has 1 atom stereocenters. The fourth-order valence-electron chi connectivity index (χ4n) is 1.49. The number of rotatable bonds is 2. The molecule has 0 amide bonds. The molecule has 5 heteroatoms. The highest BCUT2D eigenvalue weighted by molar-refractivity contribution is 5.75. The minimum absolute atomic E-state index is 0.0138. The molecule has 0 fully saturated rings. The second-order valence-corrected chi connectivity index (χ2v) is 3.49. The molecule has 1 heterocycles. The summed E-state index contributed by atoms with van der Waals surface area (Å²) in [6.07, 6.45) is 1.54. The number of benzene rings is 1. The highest BCUT2D eigenvalue weighted by Gasteiger charge is 2.11. The van der Waals surface area contributed by atoms with E-state index in [0.29, 0.717) is 17.6 Å². The van der Waals surface area contributed by atoms with Gasteiger partial charge in [-0.2, -0.15) is 0 Å². The smallest absolute Gasteiger partial charge is 0.161 e. The lowest BCUT2D eigenvalue weighted by molar-refractivity contribution is 0.509. The number of imidazole rings is 1. The molecule has 0 aliphatic carbocycles. The molecule has 0 saturated heterocycles. The molecule has 0 radical (unpaired) electrons. The average molecular weight is 211 g/mol. The zero-order chi connectivity index (χ0) is 11.0. The quantitative estimate of drug-likeness (QED) is 0.823. The standard InChI is InChI=1S/C10H11F2N3/c1-6(4-13)15-5-14-9-2-7(11)8(12)3-10(9)15/h2-3,5-6H,4,13H2,1H3. The van der Waals surface area contributed by atoms with Crippen molar-refractivity contribution in [1.82, 2.24) is 9.55 Å². The Balaban J connectivity index is 2.64. The Morgan fingerprint density at radius 1 is 1.40 bits per heavy atom. The van der Waals surface area contributed by atoms with Gasteiger partial charge in [-0.25, -0.2) is 13.8 Å². The Morgan fingerprint density at radius 2 is 2.07 bits per heavy atom. The van der Waals surface area contributed by atoms with E-state index in [4.69, 9.17) is 5.73 Å². The Kier molecular flexibility index (Phi) is 2.40. The Labute approximate surface area is 85.5 Å². The monoisotopic (exact) mass is 211 g/mol. The predicted octanol–water partition coefficient (Wildman–Crippen LogP) is 1.83. The summed E-state index contributed by atoms with van der Waals surface area (Å²) < 4.78 is 27.7. The number of nitrogens with two attached hydrogens (primary N) is 1. The third kappa shape index (κ3) is 1.59. The van der Waals surface area contributed by atoms with Crippen LogP contribution < -0.4 is 5.73 Å². The van der Waals surface area contributed by atoms with Gasteiger partial charge in [0.15, 0.2) is 11.6 Å². The Hall–Kier alpha value is -1.49. The highest BCUT2D eigenvalue weighted by Crippen LogP contribution is 2.20. The first-order chi connectivity index (χ1) is 7.13. The summed E-state index contributed by atoms with van der Waals surface area (Å²) in [5.41, 5.74) is 6.51. The van der Waals surface area contributed by atoms with Gasteiger partial charge in [-0.05, 0) is 6.92 Å². The molecular weight excluding hydrogens is 200 g/mol. The van der Waals surface area contributed by atoms with Crippen LogP contribution in [-0.4, -0.2) is 16.1 Å². The van der Waals surface area contributed by atoms with Gasteiger partial charge in [0.2, 0.25) is 0 Å². The van der Waals surface area contributed by atoms with Crippen molar-refractivity contribution >= 4 is 11.0 Å². The van der Waals surface area contributed by atoms with Crippen LogP contribution in [0.15, 0.2) is 18.5 Å². The van der Waals surface area contributed by atoms with Crippen molar-refractivity contribution in [2.24, 2.45) is 5.73 Å². The second kappa shape index (κ2) is 3.58. The Morgan fingerprint density at radius 3 is 2.73 bits per heavy atom. The van der Waals surface area contributed by atoms with Crippen molar-refractivity contribution in [3.05, 3.63) is 30.1 Å². The summed E-state index contributed by atoms with van der Waals surface area (Å²) in [7, 11) is 0. The Bertz CT molecular complexity index is 493. The predicted molar refractivity (Wildman–Crippen MR) is 53.4 cm³/mol. The first-order valence-electron chi connectivity index (χ1n) is 4.65. The van der Waals surface area contributed by atoms with Crippen LogP contribution in [0.3, 0.4) is 0 Å². The molecule has 15 heavy (non-hydrogen) atoms. The van der Waals surface area contributed by atoms with E-state index in [1.807, 2.05) is 6.92 Å². The molecule has 80 valence electrons.